The van der Waals surface area contributed by atoms with E-state index in [2.05, 4.69) is 37.2 Å². The van der Waals surface area contributed by atoms with Crippen LogP contribution >= 0.6 is 26.9 Å². The molecule has 3 fully saturated rings. The van der Waals surface area contributed by atoms with E-state index in [0.717, 1.165) is 6.33 Å². The number of aromatic nitrogens is 8. The van der Waals surface area contributed by atoms with Gasteiger partial charge in [0.2, 0.25) is 0 Å². The molecule has 7 rings (SSSR count). The number of phosphoric ester groups is 1. The number of fused-ring (bicyclic) bond motifs is 5. The second-order valence-corrected chi connectivity index (χ2v) is 14.6. The molecule has 23 heteroatoms. The molecule has 44 heavy (non-hydrogen) atoms. The third-order valence-electron chi connectivity index (χ3n) is 7.68. The summed E-state index contributed by atoms with van der Waals surface area (Å²) in [7, 11) is -3.64. The van der Waals surface area contributed by atoms with Crippen LogP contribution in [0.15, 0.2) is 30.1 Å². The van der Waals surface area contributed by atoms with Crippen molar-refractivity contribution in [2.75, 3.05) is 12.3 Å². The molecule has 2 saturated heterocycles. The summed E-state index contributed by atoms with van der Waals surface area (Å²) in [6, 6.07) is -0.984. The zero-order chi connectivity index (χ0) is 31.1. The molecule has 2 bridgehead atoms. The highest BCUT2D eigenvalue weighted by atomic mass is 32.7. The standard InChI is InChI=1S/C21H24FN9O10P2S/c1-29-5-28-19-13(20(29)33)27-6-30(19)8-2-9-14(32)15(8)41-43(36,44)37-3-10-16(40-42(34,35)39-9)11(22)21(38-10)31-7-26-12-17(23)24-4-25-18(12)31/h4-11,14-16,21,32H,2-3H2,1H3,(H,34,35)(H,36,44)(H2,23,24,25)/t8-,9+,10-,11-,14-,15+,16-,21-,43?/m1/s1. The van der Waals surface area contributed by atoms with Crippen LogP contribution < -0.4 is 11.3 Å². The number of hydrogen-bond acceptors (Lipinski definition) is 15. The zero-order valence-corrected chi connectivity index (χ0v) is 25.1. The second-order valence-electron chi connectivity index (χ2n) is 10.4. The number of phosphoric acid groups is 1. The highest BCUT2D eigenvalue weighted by Gasteiger charge is 2.55. The van der Waals surface area contributed by atoms with Gasteiger partial charge in [-0.05, 0) is 0 Å². The van der Waals surface area contributed by atoms with Gasteiger partial charge < -0.3 is 29.6 Å². The highest BCUT2D eigenvalue weighted by Crippen LogP contribution is 2.60. The van der Waals surface area contributed by atoms with Crippen molar-refractivity contribution in [3.05, 3.63) is 35.7 Å². The number of aryl methyl sites for hydroxylation is 1. The Bertz CT molecular complexity index is 1930. The number of nitrogens with zero attached hydrogens (tertiary/aromatic N) is 8. The number of rotatable bonds is 2. The molecule has 3 aliphatic rings. The van der Waals surface area contributed by atoms with Gasteiger partial charge in [0.1, 0.15) is 42.4 Å². The number of imidazole rings is 2. The lowest BCUT2D eigenvalue weighted by molar-refractivity contribution is -0.0585. The van der Waals surface area contributed by atoms with Crippen molar-refractivity contribution in [3.63, 3.8) is 0 Å². The molecule has 0 radical (unpaired) electrons. The average Bonchev–Trinajstić information content (AvgIpc) is 3.72. The van der Waals surface area contributed by atoms with Crippen LogP contribution in [0.2, 0.25) is 0 Å². The molecule has 0 spiro atoms. The van der Waals surface area contributed by atoms with Gasteiger partial charge in [-0.15, -0.1) is 0 Å². The Morgan fingerprint density at radius 3 is 2.52 bits per heavy atom. The molecule has 4 aromatic heterocycles. The van der Waals surface area contributed by atoms with Gasteiger partial charge in [0.05, 0.1) is 31.6 Å². The Labute approximate surface area is 250 Å². The molecular formula is C21H24FN9O10P2S. The molecular weight excluding hydrogens is 651 g/mol. The van der Waals surface area contributed by atoms with Crippen LogP contribution in [0.1, 0.15) is 18.7 Å². The van der Waals surface area contributed by atoms with Gasteiger partial charge in [-0.2, -0.15) is 0 Å². The Morgan fingerprint density at radius 1 is 1.00 bits per heavy atom. The topological polar surface area (TPSA) is 243 Å². The number of halogens is 1. The molecule has 19 nitrogen and oxygen atoms in total. The van der Waals surface area contributed by atoms with Crippen LogP contribution in [0.3, 0.4) is 0 Å². The van der Waals surface area contributed by atoms with E-state index in [1.807, 2.05) is 0 Å². The van der Waals surface area contributed by atoms with Crippen molar-refractivity contribution in [1.82, 2.24) is 38.6 Å². The number of anilines is 1. The molecule has 4 aromatic rings. The lowest BCUT2D eigenvalue weighted by atomic mass is 10.1. The number of nitrogen functional groups attached to an aromatic ring is 1. The minimum atomic E-state index is -5.13. The molecule has 4 N–H and O–H groups in total. The van der Waals surface area contributed by atoms with Crippen LogP contribution in [0.25, 0.3) is 22.3 Å². The Balaban J connectivity index is 1.22. The van der Waals surface area contributed by atoms with E-state index in [1.165, 1.54) is 39.7 Å². The summed E-state index contributed by atoms with van der Waals surface area (Å²) in [5.41, 5.74) is 5.75. The molecule has 2 unspecified atom stereocenters. The van der Waals surface area contributed by atoms with Crippen LogP contribution in [-0.4, -0.2) is 91.9 Å². The third-order valence-corrected chi connectivity index (χ3v) is 10.3. The van der Waals surface area contributed by atoms with Crippen LogP contribution in [0, 0.1) is 0 Å². The quantitative estimate of drug-likeness (QED) is 0.166. The SMILES string of the molecule is Cn1cnc2c(ncn2[C@@H]2C[C@@H]3OP(=O)(O)O[C@H]4[C@@H](F)[C@H](n5cnc6c(N)ncnc65)O[C@@H]4COP(=O)(S)O[C@@H]2[C@@H]3O)c1=O. The van der Waals surface area contributed by atoms with Gasteiger partial charge in [-0.1, -0.05) is 12.2 Å². The molecule has 0 amide bonds. The van der Waals surface area contributed by atoms with Gasteiger partial charge in [0.25, 0.3) is 5.56 Å². The summed E-state index contributed by atoms with van der Waals surface area (Å²) in [6.07, 6.45) is -6.82. The van der Waals surface area contributed by atoms with Crippen molar-refractivity contribution in [2.24, 2.45) is 7.05 Å². The average molecular weight is 675 g/mol. The predicted octanol–water partition coefficient (Wildman–Crippen LogP) is 0.417. The van der Waals surface area contributed by atoms with E-state index in [-0.39, 0.29) is 34.6 Å². The molecule has 236 valence electrons. The van der Waals surface area contributed by atoms with Crippen LogP contribution in [0.5, 0.6) is 0 Å². The van der Waals surface area contributed by atoms with E-state index in [0.29, 0.717) is 0 Å². The number of nitrogens with two attached hydrogens (primary N) is 1. The first-order valence-corrected chi connectivity index (χ1v) is 17.2. The monoisotopic (exact) mass is 675 g/mol. The van der Waals surface area contributed by atoms with E-state index >= 15 is 4.39 Å². The maximum absolute atomic E-state index is 16.0. The minimum absolute atomic E-state index is 0.000305. The summed E-state index contributed by atoms with van der Waals surface area (Å²) >= 11 is 4.05. The first kappa shape index (κ1) is 29.8. The fourth-order valence-electron chi connectivity index (χ4n) is 5.63. The smallest absolute Gasteiger partial charge is 0.388 e. The Morgan fingerprint density at radius 2 is 1.73 bits per heavy atom. The first-order chi connectivity index (χ1) is 20.8. The fourth-order valence-corrected chi connectivity index (χ4v) is 8.29. The van der Waals surface area contributed by atoms with Crippen molar-refractivity contribution in [2.45, 2.75) is 55.4 Å². The molecule has 2 aliphatic heterocycles. The summed E-state index contributed by atoms with van der Waals surface area (Å²) in [5.74, 6) is 0.0310. The van der Waals surface area contributed by atoms with Crippen molar-refractivity contribution in [1.29, 1.82) is 0 Å². The predicted molar refractivity (Wildman–Crippen MR) is 148 cm³/mol. The number of thiol groups is 1. The van der Waals surface area contributed by atoms with Gasteiger partial charge >= 0.3 is 14.6 Å². The Hall–Kier alpha value is -2.84. The summed E-state index contributed by atoms with van der Waals surface area (Å²) in [6.45, 7) is -5.04. The minimum Gasteiger partial charge on any atom is -0.388 e. The van der Waals surface area contributed by atoms with Crippen molar-refractivity contribution >= 4 is 55.0 Å². The molecule has 1 aliphatic carbocycles. The lowest BCUT2D eigenvalue weighted by Gasteiger charge is -2.29. The first-order valence-electron chi connectivity index (χ1n) is 13.0. The van der Waals surface area contributed by atoms with Gasteiger partial charge in [-0.25, -0.2) is 38.4 Å². The van der Waals surface area contributed by atoms with Crippen molar-refractivity contribution < 1.29 is 46.4 Å². The summed E-state index contributed by atoms with van der Waals surface area (Å²) in [5, 5.41) is 11.1. The van der Waals surface area contributed by atoms with E-state index in [1.54, 1.807) is 0 Å². The van der Waals surface area contributed by atoms with E-state index in [4.69, 9.17) is 28.6 Å². The maximum atomic E-state index is 16.0. The number of ether oxygens (including phenoxy) is 1. The maximum Gasteiger partial charge on any atom is 0.473 e. The molecule has 6 heterocycles. The number of aliphatic hydroxyl groups is 1. The second kappa shape index (κ2) is 10.6. The summed E-state index contributed by atoms with van der Waals surface area (Å²) in [4.78, 5) is 43.6. The molecule has 0 aromatic carbocycles. The van der Waals surface area contributed by atoms with Gasteiger partial charge in [0, 0.05) is 13.5 Å². The zero-order valence-electron chi connectivity index (χ0n) is 22.4. The Kier molecular flexibility index (Phi) is 7.20. The van der Waals surface area contributed by atoms with E-state index in [9.17, 15) is 23.9 Å². The molecule has 10 atom stereocenters. The number of hydrogen-bond donors (Lipinski definition) is 4. The normalized spacial score (nSPS) is 38.0. The summed E-state index contributed by atoms with van der Waals surface area (Å²) < 4.78 is 74.0. The van der Waals surface area contributed by atoms with Crippen molar-refractivity contribution in [3.8, 4) is 0 Å². The largest absolute Gasteiger partial charge is 0.473 e. The fraction of sp³-hybridized carbons (Fsp3) is 0.524. The van der Waals surface area contributed by atoms with Gasteiger partial charge in [-0.3, -0.25) is 27.5 Å². The third kappa shape index (κ3) is 4.97. The van der Waals surface area contributed by atoms with Gasteiger partial charge in [0.15, 0.2) is 35.0 Å². The number of alkyl halides is 1. The van der Waals surface area contributed by atoms with Crippen LogP contribution in [0.4, 0.5) is 10.2 Å². The lowest BCUT2D eigenvalue weighted by Crippen LogP contribution is -2.37. The highest BCUT2D eigenvalue weighted by molar-refractivity contribution is 8.44. The van der Waals surface area contributed by atoms with E-state index < -0.39 is 75.7 Å². The number of aliphatic hydroxyl groups excluding tert-OH is 1. The van der Waals surface area contributed by atoms with Crippen LogP contribution in [-0.2, 0) is 39.0 Å². The molecule has 1 saturated carbocycles.